The van der Waals surface area contributed by atoms with E-state index in [9.17, 15) is 9.90 Å². The summed E-state index contributed by atoms with van der Waals surface area (Å²) in [4.78, 5) is 12.4. The molecule has 30 heavy (non-hydrogen) atoms. The number of carboxylic acid groups (broad SMARTS) is 1. The van der Waals surface area contributed by atoms with Crippen molar-refractivity contribution in [3.05, 3.63) is 17.7 Å². The zero-order valence-electron chi connectivity index (χ0n) is 19.1. The first-order valence-electron chi connectivity index (χ1n) is 10.0. The van der Waals surface area contributed by atoms with Gasteiger partial charge in [-0.05, 0) is 6.07 Å². The predicted octanol–water partition coefficient (Wildman–Crippen LogP) is -0.689. The number of carbonyl (C=O) groups excluding carboxylic acids is 1. The molecule has 1 fully saturated rings. The Morgan fingerprint density at radius 3 is 2.20 bits per heavy atom. The van der Waals surface area contributed by atoms with E-state index in [1.54, 1.807) is 21.3 Å². The van der Waals surface area contributed by atoms with Crippen molar-refractivity contribution in [2.75, 3.05) is 75.2 Å². The molecule has 1 saturated heterocycles. The fourth-order valence-corrected chi connectivity index (χ4v) is 3.29. The van der Waals surface area contributed by atoms with E-state index in [1.807, 2.05) is 33.3 Å². The molecule has 172 valence electrons. The van der Waals surface area contributed by atoms with Crippen molar-refractivity contribution in [1.82, 2.24) is 10.2 Å². The molecule has 1 aromatic carbocycles. The topological polar surface area (TPSA) is 103 Å². The minimum Gasteiger partial charge on any atom is -0.550 e. The second kappa shape index (κ2) is 12.6. The summed E-state index contributed by atoms with van der Waals surface area (Å²) in [7, 11) is 10.6. The van der Waals surface area contributed by atoms with Crippen molar-refractivity contribution in [3.8, 4) is 17.2 Å². The molecule has 9 nitrogen and oxygen atoms in total. The van der Waals surface area contributed by atoms with Crippen molar-refractivity contribution in [2.24, 2.45) is 0 Å². The van der Waals surface area contributed by atoms with Crippen molar-refractivity contribution in [2.45, 2.75) is 19.1 Å². The van der Waals surface area contributed by atoms with Gasteiger partial charge in [-0.1, -0.05) is 6.07 Å². The second-order valence-corrected chi connectivity index (χ2v) is 8.22. The van der Waals surface area contributed by atoms with Crippen LogP contribution >= 0.6 is 0 Å². The van der Waals surface area contributed by atoms with Crippen LogP contribution in [-0.4, -0.2) is 102 Å². The number of likely N-dealkylation sites (N-methyl/N-ethyl adjacent to an activating group) is 1. The van der Waals surface area contributed by atoms with Gasteiger partial charge < -0.3 is 39.0 Å². The van der Waals surface area contributed by atoms with Gasteiger partial charge in [0.2, 0.25) is 5.75 Å². The van der Waals surface area contributed by atoms with E-state index in [2.05, 4.69) is 10.2 Å². The molecule has 0 amide bonds. The molecule has 1 heterocycles. The van der Waals surface area contributed by atoms with Crippen LogP contribution in [0.3, 0.4) is 0 Å². The van der Waals surface area contributed by atoms with Gasteiger partial charge in [-0.25, -0.2) is 0 Å². The molecule has 1 aliphatic heterocycles. The molecule has 0 aliphatic carbocycles. The number of nitrogens with one attached hydrogen (secondary N) is 1. The molecule has 0 aromatic heterocycles. The lowest BCUT2D eigenvalue weighted by molar-refractivity contribution is -0.873. The third-order valence-corrected chi connectivity index (χ3v) is 4.55. The lowest BCUT2D eigenvalue weighted by Gasteiger charge is -2.28. The van der Waals surface area contributed by atoms with Crippen LogP contribution in [0.2, 0.25) is 0 Å². The van der Waals surface area contributed by atoms with Gasteiger partial charge in [-0.2, -0.15) is 0 Å². The quantitative estimate of drug-likeness (QED) is 0.500. The first-order valence-corrected chi connectivity index (χ1v) is 10.0. The summed E-state index contributed by atoms with van der Waals surface area (Å²) in [5.41, 5.74) is 1.13. The van der Waals surface area contributed by atoms with Crippen LogP contribution in [0.4, 0.5) is 0 Å². The van der Waals surface area contributed by atoms with Gasteiger partial charge in [-0.3, -0.25) is 4.90 Å². The molecule has 1 aromatic rings. The molecular formula is C21H37N3O6. The van der Waals surface area contributed by atoms with Crippen LogP contribution in [0.1, 0.15) is 12.0 Å². The summed E-state index contributed by atoms with van der Waals surface area (Å²) < 4.78 is 16.8. The number of carboxylic acids is 1. The highest BCUT2D eigenvalue weighted by atomic mass is 16.5. The molecule has 0 bridgehead atoms. The van der Waals surface area contributed by atoms with Gasteiger partial charge in [-0.15, -0.1) is 0 Å². The minimum atomic E-state index is -1.20. The van der Waals surface area contributed by atoms with Gasteiger partial charge in [0.25, 0.3) is 0 Å². The summed E-state index contributed by atoms with van der Waals surface area (Å²) in [5.74, 6) is 0.923. The zero-order valence-corrected chi connectivity index (χ0v) is 19.1. The number of benzene rings is 1. The molecule has 0 radical (unpaired) electrons. The Morgan fingerprint density at radius 2 is 1.73 bits per heavy atom. The number of rotatable bonds is 9. The molecule has 0 unspecified atom stereocenters. The van der Waals surface area contributed by atoms with E-state index in [4.69, 9.17) is 19.3 Å². The number of methoxy groups -OCH3 is 3. The monoisotopic (exact) mass is 427 g/mol. The number of quaternary nitrogens is 1. The Balaban J connectivity index is 0.000000352. The van der Waals surface area contributed by atoms with Crippen LogP contribution in [0.25, 0.3) is 0 Å². The maximum atomic E-state index is 10.0. The molecule has 2 rings (SSSR count). The maximum absolute atomic E-state index is 10.0. The van der Waals surface area contributed by atoms with E-state index in [0.29, 0.717) is 22.5 Å². The standard InChI is InChI=1S/C14H22N2O3.C7H15NO3/c1-17-12-5-4-11(13(18-2)14(12)19-3)10-16-8-6-15-7-9-16;1-8(2,3)5-6(9)4-7(10)11/h4-5,15H,6-10H2,1-3H3;6,9H,4-5H2,1-3H3/t;6-/m.1/s1. The maximum Gasteiger partial charge on any atom is 0.203 e. The number of aliphatic hydroxyl groups excluding tert-OH is 1. The number of aliphatic carboxylic acids is 1. The number of hydrogen-bond donors (Lipinski definition) is 2. The van der Waals surface area contributed by atoms with Crippen LogP contribution < -0.4 is 24.6 Å². The van der Waals surface area contributed by atoms with E-state index in [1.165, 1.54) is 0 Å². The summed E-state index contributed by atoms with van der Waals surface area (Å²) in [6.45, 7) is 5.47. The van der Waals surface area contributed by atoms with Crippen LogP contribution in [-0.2, 0) is 11.3 Å². The molecule has 0 saturated carbocycles. The van der Waals surface area contributed by atoms with Crippen LogP contribution in [0.15, 0.2) is 12.1 Å². The third kappa shape index (κ3) is 9.17. The van der Waals surface area contributed by atoms with Gasteiger partial charge in [0.15, 0.2) is 11.5 Å². The van der Waals surface area contributed by atoms with E-state index in [-0.39, 0.29) is 6.42 Å². The van der Waals surface area contributed by atoms with E-state index < -0.39 is 12.1 Å². The SMILES string of the molecule is COc1ccc(CN2CCNCC2)c(OC)c1OC.C[N+](C)(C)C[C@H](O)CC(=O)[O-]. The average Bonchev–Trinajstić information content (AvgIpc) is 2.66. The van der Waals surface area contributed by atoms with Crippen molar-refractivity contribution in [3.63, 3.8) is 0 Å². The Bertz CT molecular complexity index is 657. The highest BCUT2D eigenvalue weighted by Crippen LogP contribution is 2.40. The molecular weight excluding hydrogens is 390 g/mol. The van der Waals surface area contributed by atoms with Crippen molar-refractivity contribution in [1.29, 1.82) is 0 Å². The molecule has 2 N–H and O–H groups in total. The van der Waals surface area contributed by atoms with Gasteiger partial charge >= 0.3 is 0 Å². The first-order chi connectivity index (χ1) is 14.1. The summed E-state index contributed by atoms with van der Waals surface area (Å²) in [6, 6.07) is 3.97. The lowest BCUT2D eigenvalue weighted by Crippen LogP contribution is -2.43. The van der Waals surface area contributed by atoms with Crippen LogP contribution in [0.5, 0.6) is 17.2 Å². The minimum absolute atomic E-state index is 0.282. The molecule has 1 aliphatic rings. The number of hydrogen-bond acceptors (Lipinski definition) is 8. The Labute approximate surface area is 179 Å². The fourth-order valence-electron chi connectivity index (χ4n) is 3.29. The van der Waals surface area contributed by atoms with Gasteiger partial charge in [0.05, 0.1) is 42.5 Å². The van der Waals surface area contributed by atoms with E-state index >= 15 is 0 Å². The lowest BCUT2D eigenvalue weighted by atomic mass is 10.1. The molecule has 9 heteroatoms. The fraction of sp³-hybridized carbons (Fsp3) is 0.667. The number of ether oxygens (including phenoxy) is 3. The zero-order chi connectivity index (χ0) is 22.7. The Kier molecular flexibility index (Phi) is 10.9. The normalized spacial score (nSPS) is 15.6. The van der Waals surface area contributed by atoms with E-state index in [0.717, 1.165) is 44.0 Å². The molecule has 1 atom stereocenters. The highest BCUT2D eigenvalue weighted by Gasteiger charge is 2.18. The van der Waals surface area contributed by atoms with Gasteiger partial charge in [0.1, 0.15) is 12.6 Å². The molecule has 0 spiro atoms. The first kappa shape index (κ1) is 26.0. The second-order valence-electron chi connectivity index (χ2n) is 8.22. The number of carbonyl (C=O) groups is 1. The number of piperazine rings is 1. The average molecular weight is 428 g/mol. The van der Waals surface area contributed by atoms with Gasteiger partial charge in [0, 0.05) is 50.7 Å². The van der Waals surface area contributed by atoms with Crippen molar-refractivity contribution >= 4 is 5.97 Å². The van der Waals surface area contributed by atoms with Crippen molar-refractivity contribution < 1.29 is 33.7 Å². The largest absolute Gasteiger partial charge is 0.550 e. The highest BCUT2D eigenvalue weighted by molar-refractivity contribution is 5.64. The summed E-state index contributed by atoms with van der Waals surface area (Å²) in [6.07, 6.45) is -1.09. The van der Waals surface area contributed by atoms with Crippen LogP contribution in [0, 0.1) is 0 Å². The number of nitrogens with zero attached hydrogens (tertiary/aromatic N) is 2. The Morgan fingerprint density at radius 1 is 1.13 bits per heavy atom. The smallest absolute Gasteiger partial charge is 0.203 e. The third-order valence-electron chi connectivity index (χ3n) is 4.55. The number of aliphatic hydroxyl groups is 1. The summed E-state index contributed by atoms with van der Waals surface area (Å²) >= 11 is 0. The Hall–Kier alpha value is -2.07. The predicted molar refractivity (Wildman–Crippen MR) is 113 cm³/mol. The summed E-state index contributed by atoms with van der Waals surface area (Å²) in [5, 5.41) is 22.5.